The average Bonchev–Trinajstić information content (AvgIpc) is 2.76. The number of benzene rings is 1. The molecule has 0 atom stereocenters. The van der Waals surface area contributed by atoms with Crippen LogP contribution < -0.4 is 24.8 Å². The van der Waals surface area contributed by atoms with E-state index in [-0.39, 0.29) is 24.9 Å². The zero-order chi connectivity index (χ0) is 21.1. The van der Waals surface area contributed by atoms with Crippen molar-refractivity contribution in [1.29, 1.82) is 0 Å². The molecule has 2 N–H and O–H groups in total. The Kier molecular flexibility index (Phi) is 8.71. The van der Waals surface area contributed by atoms with Gasteiger partial charge in [-0.05, 0) is 23.8 Å². The predicted octanol–water partition coefficient (Wildman–Crippen LogP) is 1.17. The highest BCUT2D eigenvalue weighted by molar-refractivity contribution is 5.97. The van der Waals surface area contributed by atoms with E-state index in [0.717, 1.165) is 5.56 Å². The summed E-state index contributed by atoms with van der Waals surface area (Å²) in [7, 11) is 4.60. The average molecular weight is 403 g/mol. The summed E-state index contributed by atoms with van der Waals surface area (Å²) in [5.74, 6) is 0.733. The number of pyridine rings is 1. The number of nitrogens with one attached hydrogen (secondary N) is 2. The number of hydrogen-bond acceptors (Lipinski definition) is 7. The summed E-state index contributed by atoms with van der Waals surface area (Å²) >= 11 is 0. The van der Waals surface area contributed by atoms with Crippen LogP contribution in [0.15, 0.2) is 36.5 Å². The van der Waals surface area contributed by atoms with Crippen molar-refractivity contribution >= 4 is 11.8 Å². The van der Waals surface area contributed by atoms with Gasteiger partial charge in [-0.25, -0.2) is 4.98 Å². The lowest BCUT2D eigenvalue weighted by Crippen LogP contribution is -2.36. The van der Waals surface area contributed by atoms with Gasteiger partial charge in [-0.1, -0.05) is 6.07 Å². The molecular weight excluding hydrogens is 378 g/mol. The predicted molar refractivity (Wildman–Crippen MR) is 105 cm³/mol. The van der Waals surface area contributed by atoms with E-state index in [4.69, 9.17) is 18.9 Å². The van der Waals surface area contributed by atoms with Gasteiger partial charge in [-0.15, -0.1) is 0 Å². The second kappa shape index (κ2) is 11.5. The van der Waals surface area contributed by atoms with E-state index in [2.05, 4.69) is 15.6 Å². The van der Waals surface area contributed by atoms with Crippen molar-refractivity contribution in [3.63, 3.8) is 0 Å². The van der Waals surface area contributed by atoms with Gasteiger partial charge in [-0.2, -0.15) is 0 Å². The summed E-state index contributed by atoms with van der Waals surface area (Å²) in [5.41, 5.74) is 1.17. The quantitative estimate of drug-likeness (QED) is 0.542. The van der Waals surface area contributed by atoms with Crippen LogP contribution in [0.4, 0.5) is 0 Å². The maximum Gasteiger partial charge on any atom is 0.251 e. The monoisotopic (exact) mass is 403 g/mol. The number of amides is 2. The Morgan fingerprint density at radius 2 is 1.76 bits per heavy atom. The van der Waals surface area contributed by atoms with Crippen molar-refractivity contribution in [3.8, 4) is 17.4 Å². The Morgan fingerprint density at radius 1 is 0.966 bits per heavy atom. The highest BCUT2D eigenvalue weighted by Crippen LogP contribution is 2.27. The van der Waals surface area contributed by atoms with Crippen LogP contribution in [0.5, 0.6) is 17.4 Å². The van der Waals surface area contributed by atoms with Crippen LogP contribution in [0.25, 0.3) is 0 Å². The first kappa shape index (κ1) is 22.0. The zero-order valence-electron chi connectivity index (χ0n) is 16.7. The Labute approximate surface area is 169 Å². The fraction of sp³-hybridized carbons (Fsp3) is 0.350. The molecule has 0 aliphatic rings. The lowest BCUT2D eigenvalue weighted by Gasteiger charge is -2.10. The van der Waals surface area contributed by atoms with Gasteiger partial charge in [0, 0.05) is 31.5 Å². The van der Waals surface area contributed by atoms with Crippen molar-refractivity contribution in [2.75, 3.05) is 41.1 Å². The minimum absolute atomic E-state index is 0.154. The molecule has 0 unspecified atom stereocenters. The van der Waals surface area contributed by atoms with Crippen LogP contribution in [0.3, 0.4) is 0 Å². The molecule has 0 aliphatic heterocycles. The molecule has 9 nitrogen and oxygen atoms in total. The maximum atomic E-state index is 12.2. The van der Waals surface area contributed by atoms with Gasteiger partial charge < -0.3 is 29.6 Å². The molecule has 1 aromatic carbocycles. The summed E-state index contributed by atoms with van der Waals surface area (Å²) in [6.07, 6.45) is 1.62. The van der Waals surface area contributed by atoms with Crippen LogP contribution >= 0.6 is 0 Å². The third kappa shape index (κ3) is 6.96. The summed E-state index contributed by atoms with van der Waals surface area (Å²) in [5, 5.41) is 5.29. The summed E-state index contributed by atoms with van der Waals surface area (Å²) < 4.78 is 20.6. The van der Waals surface area contributed by atoms with E-state index in [1.54, 1.807) is 43.6 Å². The fourth-order valence-corrected chi connectivity index (χ4v) is 2.33. The van der Waals surface area contributed by atoms with Crippen molar-refractivity contribution in [2.24, 2.45) is 0 Å². The highest BCUT2D eigenvalue weighted by atomic mass is 16.5. The number of nitrogens with zero attached hydrogens (tertiary/aromatic N) is 1. The largest absolute Gasteiger partial charge is 0.493 e. The minimum Gasteiger partial charge on any atom is -0.493 e. The number of ether oxygens (including phenoxy) is 4. The van der Waals surface area contributed by atoms with Crippen molar-refractivity contribution in [1.82, 2.24) is 15.6 Å². The van der Waals surface area contributed by atoms with Crippen LogP contribution in [0, 0.1) is 0 Å². The van der Waals surface area contributed by atoms with E-state index in [0.29, 0.717) is 36.2 Å². The molecule has 2 amide bonds. The first-order chi connectivity index (χ1) is 14.1. The SMILES string of the molecule is COCCOc1ccc(CNC(=O)CNC(=O)c2ccc(OC)c(OC)c2)cn1. The van der Waals surface area contributed by atoms with Crippen LogP contribution in [0.1, 0.15) is 15.9 Å². The van der Waals surface area contributed by atoms with Gasteiger partial charge >= 0.3 is 0 Å². The van der Waals surface area contributed by atoms with Crippen molar-refractivity contribution in [3.05, 3.63) is 47.7 Å². The van der Waals surface area contributed by atoms with Gasteiger partial charge in [0.25, 0.3) is 5.91 Å². The van der Waals surface area contributed by atoms with Crippen LogP contribution in [-0.4, -0.2) is 57.9 Å². The lowest BCUT2D eigenvalue weighted by molar-refractivity contribution is -0.120. The first-order valence-corrected chi connectivity index (χ1v) is 8.91. The van der Waals surface area contributed by atoms with Gasteiger partial charge in [0.05, 0.1) is 27.4 Å². The van der Waals surface area contributed by atoms with Crippen molar-refractivity contribution in [2.45, 2.75) is 6.54 Å². The number of methoxy groups -OCH3 is 3. The van der Waals surface area contributed by atoms with Crippen LogP contribution in [-0.2, 0) is 16.1 Å². The molecule has 2 aromatic rings. The molecule has 0 saturated heterocycles. The third-order valence-electron chi connectivity index (χ3n) is 3.88. The topological polar surface area (TPSA) is 108 Å². The number of rotatable bonds is 11. The number of aromatic nitrogens is 1. The summed E-state index contributed by atoms with van der Waals surface area (Å²) in [6, 6.07) is 8.29. The first-order valence-electron chi connectivity index (χ1n) is 8.91. The number of carbonyl (C=O) groups is 2. The van der Waals surface area contributed by atoms with E-state index in [1.165, 1.54) is 14.2 Å². The smallest absolute Gasteiger partial charge is 0.251 e. The van der Waals surface area contributed by atoms with Gasteiger partial charge in [-0.3, -0.25) is 9.59 Å². The van der Waals surface area contributed by atoms with Crippen LogP contribution in [0.2, 0.25) is 0 Å². The summed E-state index contributed by atoms with van der Waals surface area (Å²) in [6.45, 7) is 1.03. The molecule has 1 aromatic heterocycles. The van der Waals surface area contributed by atoms with E-state index in [9.17, 15) is 9.59 Å². The number of hydrogen-bond donors (Lipinski definition) is 2. The molecule has 0 bridgehead atoms. The van der Waals surface area contributed by atoms with Gasteiger partial charge in [0.1, 0.15) is 6.61 Å². The molecule has 0 spiro atoms. The van der Waals surface area contributed by atoms with E-state index < -0.39 is 0 Å². The molecule has 29 heavy (non-hydrogen) atoms. The maximum absolute atomic E-state index is 12.2. The Balaban J connectivity index is 1.77. The summed E-state index contributed by atoms with van der Waals surface area (Å²) in [4.78, 5) is 28.4. The molecule has 9 heteroatoms. The van der Waals surface area contributed by atoms with Gasteiger partial charge in [0.15, 0.2) is 11.5 Å². The standard InChI is InChI=1S/C20H25N3O6/c1-26-8-9-29-19-7-4-14(12-22-19)11-21-18(24)13-23-20(25)15-5-6-16(27-2)17(10-15)28-3/h4-7,10,12H,8-9,11,13H2,1-3H3,(H,21,24)(H,23,25). The molecule has 0 aliphatic carbocycles. The molecule has 0 saturated carbocycles. The second-order valence-electron chi connectivity index (χ2n) is 5.88. The molecule has 156 valence electrons. The Morgan fingerprint density at radius 3 is 2.41 bits per heavy atom. The van der Waals surface area contributed by atoms with E-state index in [1.807, 2.05) is 0 Å². The minimum atomic E-state index is -0.389. The highest BCUT2D eigenvalue weighted by Gasteiger charge is 2.12. The van der Waals surface area contributed by atoms with Crippen molar-refractivity contribution < 1.29 is 28.5 Å². The Bertz CT molecular complexity index is 810. The Hall–Kier alpha value is -3.33. The molecule has 0 fully saturated rings. The molecular formula is C20H25N3O6. The second-order valence-corrected chi connectivity index (χ2v) is 5.88. The molecule has 1 heterocycles. The third-order valence-corrected chi connectivity index (χ3v) is 3.88. The van der Waals surface area contributed by atoms with Gasteiger partial charge in [0.2, 0.25) is 11.8 Å². The zero-order valence-corrected chi connectivity index (χ0v) is 16.7. The van der Waals surface area contributed by atoms with E-state index >= 15 is 0 Å². The number of carbonyl (C=O) groups excluding carboxylic acids is 2. The lowest BCUT2D eigenvalue weighted by atomic mass is 10.2. The fourth-order valence-electron chi connectivity index (χ4n) is 2.33. The normalized spacial score (nSPS) is 10.2. The molecule has 2 rings (SSSR count). The molecule has 0 radical (unpaired) electrons.